The molecule has 3 heteroatoms. The van der Waals surface area contributed by atoms with Crippen LogP contribution in [0.15, 0.2) is 0 Å². The van der Waals surface area contributed by atoms with Crippen LogP contribution in [-0.4, -0.2) is 58.7 Å². The van der Waals surface area contributed by atoms with Gasteiger partial charge in [-0.25, -0.2) is 0 Å². The van der Waals surface area contributed by atoms with E-state index in [1.165, 1.54) is 141 Å². The van der Waals surface area contributed by atoms with Gasteiger partial charge in [-0.1, -0.05) is 181 Å². The summed E-state index contributed by atoms with van der Waals surface area (Å²) in [5, 5.41) is 20.4. The molecule has 0 aromatic carbocycles. The number of rotatable bonds is 26. The van der Waals surface area contributed by atoms with Gasteiger partial charge in [-0.15, -0.1) is 13.2 Å². The molecule has 33 heavy (non-hydrogen) atoms. The fraction of sp³-hybridized carbons (Fsp3) is 1.00. The third-order valence-corrected chi connectivity index (χ3v) is 6.50. The molecule has 0 rings (SSSR count). The third kappa shape index (κ3) is 43.9. The Bertz CT molecular complexity index is 230. The second-order valence-corrected chi connectivity index (χ2v) is 9.89. The van der Waals surface area contributed by atoms with Crippen LogP contribution in [0.1, 0.15) is 181 Å². The van der Waals surface area contributed by atoms with Crippen molar-refractivity contribution in [2.24, 2.45) is 0 Å². The van der Waals surface area contributed by atoms with E-state index in [9.17, 15) is 10.2 Å². The van der Waals surface area contributed by atoms with E-state index < -0.39 is 0 Å². The van der Waals surface area contributed by atoms with Gasteiger partial charge in [0.25, 0.3) is 0 Å². The molecule has 0 fully saturated rings. The summed E-state index contributed by atoms with van der Waals surface area (Å²) in [5.41, 5.74) is 0. The zero-order valence-corrected chi connectivity index (χ0v) is 26.8. The van der Waals surface area contributed by atoms with E-state index in [4.69, 9.17) is 0 Å². The summed E-state index contributed by atoms with van der Waals surface area (Å²) in [6, 6.07) is 0. The molecule has 0 bridgehead atoms. The van der Waals surface area contributed by atoms with Crippen molar-refractivity contribution in [3.8, 4) is 0 Å². The first-order valence-electron chi connectivity index (χ1n) is 15.0. The fourth-order valence-corrected chi connectivity index (χ4v) is 4.24. The maximum atomic E-state index is 10.2. The van der Waals surface area contributed by atoms with Crippen LogP contribution in [0.4, 0.5) is 0 Å². The first kappa shape index (κ1) is 38.9. The molecule has 0 aliphatic carbocycles. The van der Waals surface area contributed by atoms with E-state index in [0.717, 1.165) is 25.7 Å². The van der Waals surface area contributed by atoms with E-state index in [1.807, 2.05) is 0 Å². The number of unbranched alkanes of at least 4 members (excludes halogenated alkanes) is 24. The van der Waals surface area contributed by atoms with Gasteiger partial charge >= 0.3 is 45.5 Å². The minimum Gasteiger partial charge on any atom is -0.854 e. The maximum absolute atomic E-state index is 10.2. The molecule has 0 heterocycles. The van der Waals surface area contributed by atoms with E-state index in [-0.39, 0.29) is 58.7 Å². The van der Waals surface area contributed by atoms with Gasteiger partial charge in [0.05, 0.1) is 0 Å². The second kappa shape index (κ2) is 40.6. The average molecular weight is 542 g/mol. The second-order valence-electron chi connectivity index (χ2n) is 9.89. The Labute approximate surface area is 247 Å². The minimum atomic E-state index is 0. The molecule has 2 nitrogen and oxygen atoms in total. The average Bonchev–Trinajstić information content (AvgIpc) is 2.81. The van der Waals surface area contributed by atoms with E-state index >= 15 is 0 Å². The summed E-state index contributed by atoms with van der Waals surface area (Å²) in [6.45, 7) is 4.79. The van der Waals surface area contributed by atoms with Gasteiger partial charge in [-0.3, -0.25) is 0 Å². The van der Waals surface area contributed by atoms with Gasteiger partial charge in [0.2, 0.25) is 0 Å². The Morgan fingerprint density at radius 1 is 0.273 bits per heavy atom. The molecule has 0 spiro atoms. The molecule has 0 N–H and O–H groups in total. The molecule has 0 aromatic rings. The van der Waals surface area contributed by atoms with Gasteiger partial charge in [0, 0.05) is 0 Å². The van der Waals surface area contributed by atoms with Crippen LogP contribution in [0.25, 0.3) is 0 Å². The maximum Gasteiger partial charge on any atom is 2.00 e. The van der Waals surface area contributed by atoms with E-state index in [2.05, 4.69) is 13.8 Å². The molecule has 0 aromatic heterocycles. The van der Waals surface area contributed by atoms with Crippen molar-refractivity contribution in [1.82, 2.24) is 0 Å². The Morgan fingerprint density at radius 3 is 0.576 bits per heavy atom. The summed E-state index contributed by atoms with van der Waals surface area (Å²) in [5.74, 6) is 0. The predicted molar refractivity (Wildman–Crippen MR) is 147 cm³/mol. The third-order valence-electron chi connectivity index (χ3n) is 6.50. The summed E-state index contributed by atoms with van der Waals surface area (Å²) >= 11 is 0. The summed E-state index contributed by atoms with van der Waals surface area (Å²) in [7, 11) is 0. The van der Waals surface area contributed by atoms with Gasteiger partial charge in [-0.2, -0.15) is 0 Å². The first-order valence-corrected chi connectivity index (χ1v) is 15.0. The summed E-state index contributed by atoms with van der Waals surface area (Å²) in [4.78, 5) is 0. The summed E-state index contributed by atoms with van der Waals surface area (Å²) in [6.07, 6.45) is 34.8. The Morgan fingerprint density at radius 2 is 0.424 bits per heavy atom. The van der Waals surface area contributed by atoms with Crippen LogP contribution in [0.5, 0.6) is 0 Å². The molecule has 0 saturated heterocycles. The van der Waals surface area contributed by atoms with Crippen molar-refractivity contribution in [1.29, 1.82) is 0 Å². The Hall–Kier alpha value is 1.40. The first-order chi connectivity index (χ1) is 15.8. The largest absolute Gasteiger partial charge is 2.00 e. The molecule has 0 unspecified atom stereocenters. The topological polar surface area (TPSA) is 46.1 Å². The standard InChI is InChI=1S/2C15H31O.Sr/c2*1-2-3-4-5-6-7-8-9-10-11-12-13-14-15-16;/h2*2-15H2,1H3;/q2*-1;+2. The predicted octanol–water partition coefficient (Wildman–Crippen LogP) is 8.50. The quantitative estimate of drug-likeness (QED) is 0.0813. The van der Waals surface area contributed by atoms with Crippen molar-refractivity contribution in [2.45, 2.75) is 181 Å². The molecule has 0 radical (unpaired) electrons. The molecule has 0 atom stereocenters. The Balaban J connectivity index is -0.000000529. The van der Waals surface area contributed by atoms with Crippen molar-refractivity contribution < 1.29 is 10.2 Å². The van der Waals surface area contributed by atoms with Crippen LogP contribution in [0, 0.1) is 0 Å². The van der Waals surface area contributed by atoms with Gasteiger partial charge in [0.15, 0.2) is 0 Å². The van der Waals surface area contributed by atoms with Gasteiger partial charge in [0.1, 0.15) is 0 Å². The molecule has 196 valence electrons. The van der Waals surface area contributed by atoms with Crippen LogP contribution in [0.2, 0.25) is 0 Å². The number of hydrogen-bond donors (Lipinski definition) is 0. The van der Waals surface area contributed by atoms with Crippen LogP contribution in [-0.2, 0) is 0 Å². The van der Waals surface area contributed by atoms with E-state index in [0.29, 0.717) is 0 Å². The smallest absolute Gasteiger partial charge is 0.854 e. The van der Waals surface area contributed by atoms with Crippen molar-refractivity contribution >= 4 is 45.5 Å². The SMILES string of the molecule is CCCCCCCCCCCCCCC[O-].CCCCCCCCCCCCCCC[O-].[Sr+2]. The molecule has 0 saturated carbocycles. The molecular weight excluding hydrogens is 480 g/mol. The monoisotopic (exact) mass is 542 g/mol. The van der Waals surface area contributed by atoms with Crippen molar-refractivity contribution in [3.63, 3.8) is 0 Å². The van der Waals surface area contributed by atoms with Gasteiger partial charge in [-0.05, 0) is 0 Å². The van der Waals surface area contributed by atoms with Crippen LogP contribution < -0.4 is 10.2 Å². The van der Waals surface area contributed by atoms with Crippen LogP contribution >= 0.6 is 0 Å². The van der Waals surface area contributed by atoms with Crippen LogP contribution in [0.3, 0.4) is 0 Å². The zero-order chi connectivity index (χ0) is 23.8. The number of hydrogen-bond acceptors (Lipinski definition) is 2. The molecule has 0 aliphatic heterocycles. The van der Waals surface area contributed by atoms with Gasteiger partial charge < -0.3 is 10.2 Å². The Kier molecular flexibility index (Phi) is 47.8. The van der Waals surface area contributed by atoms with Crippen molar-refractivity contribution in [3.05, 3.63) is 0 Å². The zero-order valence-electron chi connectivity index (χ0n) is 23.3. The summed E-state index contributed by atoms with van der Waals surface area (Å²) < 4.78 is 0. The normalized spacial score (nSPS) is 10.5. The minimum absolute atomic E-state index is 0. The fourth-order valence-electron chi connectivity index (χ4n) is 4.24. The van der Waals surface area contributed by atoms with E-state index in [1.54, 1.807) is 0 Å². The molecular formula is C30H62O2Sr. The van der Waals surface area contributed by atoms with Crippen molar-refractivity contribution in [2.75, 3.05) is 13.2 Å². The molecule has 0 aliphatic rings. The molecule has 0 amide bonds.